The SMILES string of the molecule is CN=C(NCc1nnc2ccccn12)NC1CCN(C(=O)C2CCCC2)C1.I. The third kappa shape index (κ3) is 4.56. The first-order valence-corrected chi connectivity index (χ1v) is 9.79. The van der Waals surface area contributed by atoms with E-state index in [1.807, 2.05) is 33.7 Å². The van der Waals surface area contributed by atoms with Crippen molar-refractivity contribution in [1.29, 1.82) is 0 Å². The molecule has 0 aromatic carbocycles. The van der Waals surface area contributed by atoms with Crippen LogP contribution in [-0.2, 0) is 11.3 Å². The number of aliphatic imine (C=N–C) groups is 1. The summed E-state index contributed by atoms with van der Waals surface area (Å²) in [5.74, 6) is 2.15. The Morgan fingerprint density at radius 1 is 1.25 bits per heavy atom. The van der Waals surface area contributed by atoms with Crippen LogP contribution in [-0.4, -0.2) is 57.5 Å². The lowest BCUT2D eigenvalue weighted by Crippen LogP contribution is -2.45. The number of rotatable bonds is 4. The molecule has 1 saturated heterocycles. The number of hydrogen-bond donors (Lipinski definition) is 2. The van der Waals surface area contributed by atoms with Gasteiger partial charge in [0.15, 0.2) is 17.4 Å². The average molecular weight is 497 g/mol. The van der Waals surface area contributed by atoms with Crippen molar-refractivity contribution in [3.8, 4) is 0 Å². The van der Waals surface area contributed by atoms with E-state index in [2.05, 4.69) is 25.8 Å². The van der Waals surface area contributed by atoms with E-state index in [0.29, 0.717) is 12.5 Å². The van der Waals surface area contributed by atoms with E-state index in [1.165, 1.54) is 12.8 Å². The summed E-state index contributed by atoms with van der Waals surface area (Å²) in [7, 11) is 1.76. The zero-order valence-corrected chi connectivity index (χ0v) is 18.5. The number of carbonyl (C=O) groups is 1. The van der Waals surface area contributed by atoms with Gasteiger partial charge in [0, 0.05) is 38.3 Å². The highest BCUT2D eigenvalue weighted by atomic mass is 127. The number of likely N-dealkylation sites (tertiary alicyclic amines) is 1. The smallest absolute Gasteiger partial charge is 0.225 e. The van der Waals surface area contributed by atoms with Gasteiger partial charge in [-0.1, -0.05) is 18.9 Å². The number of hydrogen-bond acceptors (Lipinski definition) is 4. The molecule has 1 unspecified atom stereocenters. The molecule has 152 valence electrons. The molecule has 1 saturated carbocycles. The quantitative estimate of drug-likeness (QED) is 0.383. The second kappa shape index (κ2) is 9.53. The molecule has 9 heteroatoms. The van der Waals surface area contributed by atoms with Crippen molar-refractivity contribution in [2.45, 2.75) is 44.7 Å². The van der Waals surface area contributed by atoms with Crippen molar-refractivity contribution in [2.24, 2.45) is 10.9 Å². The lowest BCUT2D eigenvalue weighted by atomic mass is 10.1. The molecule has 8 nitrogen and oxygen atoms in total. The maximum atomic E-state index is 12.6. The predicted molar refractivity (Wildman–Crippen MR) is 119 cm³/mol. The highest BCUT2D eigenvalue weighted by Gasteiger charge is 2.32. The molecular formula is C19H28IN7O. The minimum atomic E-state index is 0. The van der Waals surface area contributed by atoms with Crippen LogP contribution in [0.2, 0.25) is 0 Å². The van der Waals surface area contributed by atoms with Gasteiger partial charge in [0.25, 0.3) is 0 Å². The van der Waals surface area contributed by atoms with Crippen LogP contribution in [0, 0.1) is 5.92 Å². The Morgan fingerprint density at radius 3 is 2.86 bits per heavy atom. The Kier molecular flexibility index (Phi) is 7.08. The summed E-state index contributed by atoms with van der Waals surface area (Å²) in [4.78, 5) is 18.9. The molecule has 1 aliphatic heterocycles. The number of amides is 1. The molecule has 2 fully saturated rings. The van der Waals surface area contributed by atoms with E-state index in [4.69, 9.17) is 0 Å². The van der Waals surface area contributed by atoms with Crippen LogP contribution in [0.5, 0.6) is 0 Å². The van der Waals surface area contributed by atoms with Crippen LogP contribution in [0.3, 0.4) is 0 Å². The number of nitrogens with zero attached hydrogens (tertiary/aromatic N) is 5. The first-order valence-electron chi connectivity index (χ1n) is 9.79. The third-order valence-electron chi connectivity index (χ3n) is 5.57. The number of fused-ring (bicyclic) bond motifs is 1. The molecule has 0 radical (unpaired) electrons. The van der Waals surface area contributed by atoms with Crippen molar-refractivity contribution in [3.05, 3.63) is 30.2 Å². The fourth-order valence-electron chi connectivity index (χ4n) is 4.07. The van der Waals surface area contributed by atoms with Gasteiger partial charge < -0.3 is 15.5 Å². The summed E-state index contributed by atoms with van der Waals surface area (Å²) >= 11 is 0. The van der Waals surface area contributed by atoms with Crippen molar-refractivity contribution < 1.29 is 4.79 Å². The van der Waals surface area contributed by atoms with Crippen LogP contribution >= 0.6 is 24.0 Å². The fourth-order valence-corrected chi connectivity index (χ4v) is 4.07. The van der Waals surface area contributed by atoms with Crippen LogP contribution in [0.15, 0.2) is 29.4 Å². The van der Waals surface area contributed by atoms with Gasteiger partial charge in [-0.25, -0.2) is 0 Å². The van der Waals surface area contributed by atoms with Gasteiger partial charge in [-0.15, -0.1) is 34.2 Å². The first-order chi connectivity index (χ1) is 13.2. The minimum absolute atomic E-state index is 0. The molecule has 2 aliphatic rings. The van der Waals surface area contributed by atoms with Gasteiger partial charge in [0.2, 0.25) is 5.91 Å². The molecular weight excluding hydrogens is 469 g/mol. The van der Waals surface area contributed by atoms with E-state index in [-0.39, 0.29) is 35.9 Å². The second-order valence-corrected chi connectivity index (χ2v) is 7.37. The van der Waals surface area contributed by atoms with Crippen LogP contribution in [0.1, 0.15) is 37.9 Å². The maximum Gasteiger partial charge on any atom is 0.225 e. The zero-order valence-electron chi connectivity index (χ0n) is 16.2. The Hall–Kier alpha value is -1.91. The number of aromatic nitrogens is 3. The van der Waals surface area contributed by atoms with E-state index < -0.39 is 0 Å². The highest BCUT2D eigenvalue weighted by Crippen LogP contribution is 2.27. The molecule has 0 spiro atoms. The minimum Gasteiger partial charge on any atom is -0.352 e. The molecule has 0 bridgehead atoms. The second-order valence-electron chi connectivity index (χ2n) is 7.37. The normalized spacial score (nSPS) is 20.4. The molecule has 2 N–H and O–H groups in total. The monoisotopic (exact) mass is 497 g/mol. The van der Waals surface area contributed by atoms with Gasteiger partial charge in [0.1, 0.15) is 0 Å². The summed E-state index contributed by atoms with van der Waals surface area (Å²) < 4.78 is 1.96. The first kappa shape index (κ1) is 20.8. The van der Waals surface area contributed by atoms with Gasteiger partial charge in [-0.2, -0.15) is 0 Å². The summed E-state index contributed by atoms with van der Waals surface area (Å²) in [6.07, 6.45) is 7.41. The van der Waals surface area contributed by atoms with Crippen molar-refractivity contribution in [1.82, 2.24) is 30.1 Å². The number of carbonyl (C=O) groups excluding carboxylic acids is 1. The number of halogens is 1. The van der Waals surface area contributed by atoms with Crippen molar-refractivity contribution in [2.75, 3.05) is 20.1 Å². The lowest BCUT2D eigenvalue weighted by Gasteiger charge is -2.21. The summed E-state index contributed by atoms with van der Waals surface area (Å²) in [5, 5.41) is 15.1. The lowest BCUT2D eigenvalue weighted by molar-refractivity contribution is -0.134. The van der Waals surface area contributed by atoms with Gasteiger partial charge in [-0.3, -0.25) is 14.2 Å². The van der Waals surface area contributed by atoms with Gasteiger partial charge >= 0.3 is 0 Å². The van der Waals surface area contributed by atoms with Crippen molar-refractivity contribution >= 4 is 41.5 Å². The Morgan fingerprint density at radius 2 is 2.07 bits per heavy atom. The zero-order chi connectivity index (χ0) is 18.6. The van der Waals surface area contributed by atoms with E-state index >= 15 is 0 Å². The summed E-state index contributed by atoms with van der Waals surface area (Å²) in [5.41, 5.74) is 0.828. The molecule has 4 rings (SSSR count). The summed E-state index contributed by atoms with van der Waals surface area (Å²) in [6.45, 7) is 2.12. The number of pyridine rings is 1. The van der Waals surface area contributed by atoms with Crippen LogP contribution in [0.4, 0.5) is 0 Å². The Balaban J connectivity index is 0.00000225. The molecule has 28 heavy (non-hydrogen) atoms. The molecule has 1 atom stereocenters. The highest BCUT2D eigenvalue weighted by molar-refractivity contribution is 14.0. The van der Waals surface area contributed by atoms with E-state index in [1.54, 1.807) is 7.05 Å². The van der Waals surface area contributed by atoms with Crippen molar-refractivity contribution in [3.63, 3.8) is 0 Å². The van der Waals surface area contributed by atoms with Gasteiger partial charge in [-0.05, 0) is 31.4 Å². The number of nitrogens with one attached hydrogen (secondary N) is 2. The van der Waals surface area contributed by atoms with E-state index in [0.717, 1.165) is 49.8 Å². The van der Waals surface area contributed by atoms with Crippen LogP contribution < -0.4 is 10.6 Å². The maximum absolute atomic E-state index is 12.6. The largest absolute Gasteiger partial charge is 0.352 e. The molecule has 3 heterocycles. The van der Waals surface area contributed by atoms with E-state index in [9.17, 15) is 4.79 Å². The molecule has 1 amide bonds. The standard InChI is InChI=1S/C19H27N7O.HI/c1-20-19(21-12-17-24-23-16-8-4-5-10-26(16)17)22-15-9-11-25(13-15)18(27)14-6-2-3-7-14;/h4-5,8,10,14-15H,2-3,6-7,9,11-13H2,1H3,(H2,20,21,22);1H. The molecule has 2 aromatic heterocycles. The predicted octanol–water partition coefficient (Wildman–Crippen LogP) is 1.80. The third-order valence-corrected chi connectivity index (χ3v) is 5.57. The topological polar surface area (TPSA) is 86.9 Å². The Bertz CT molecular complexity index is 831. The Labute approximate surface area is 182 Å². The van der Waals surface area contributed by atoms with Gasteiger partial charge in [0.05, 0.1) is 6.54 Å². The molecule has 1 aliphatic carbocycles. The fraction of sp³-hybridized carbons (Fsp3) is 0.579. The number of guanidine groups is 1. The van der Waals surface area contributed by atoms with Crippen LogP contribution in [0.25, 0.3) is 5.65 Å². The summed E-state index contributed by atoms with van der Waals surface area (Å²) in [6, 6.07) is 6.07. The average Bonchev–Trinajstić information content (AvgIpc) is 3.45. The molecule has 2 aromatic rings.